The Kier molecular flexibility index (Phi) is 3.21. The number of rotatable bonds is 3. The minimum absolute atomic E-state index is 0.123. The first kappa shape index (κ1) is 11.8. The molecule has 0 bridgehead atoms. The molecule has 0 radical (unpaired) electrons. The van der Waals surface area contributed by atoms with Crippen LogP contribution in [0.2, 0.25) is 0 Å². The second-order valence-corrected chi connectivity index (χ2v) is 3.92. The highest BCUT2D eigenvalue weighted by Crippen LogP contribution is 2.21. The molecule has 5 heteroatoms. The first-order valence-corrected chi connectivity index (χ1v) is 5.35. The minimum atomic E-state index is -0.858. The molecule has 5 nitrogen and oxygen atoms in total. The average molecular weight is 235 g/mol. The van der Waals surface area contributed by atoms with Crippen LogP contribution >= 0.6 is 0 Å². The molecule has 2 rings (SSSR count). The molecule has 1 aliphatic rings. The van der Waals surface area contributed by atoms with E-state index in [1.54, 1.807) is 24.3 Å². The number of aliphatic hydroxyl groups is 2. The molecular formula is C12H13NO4. The Hall–Kier alpha value is -1.72. The van der Waals surface area contributed by atoms with Crippen LogP contribution in [0.25, 0.3) is 0 Å². The molecular weight excluding hydrogens is 222 g/mol. The quantitative estimate of drug-likeness (QED) is 0.696. The standard InChI is InChI=1S/C12H13NO4/c14-6-9(7-15)13-11(16)5-8-3-1-2-4-10(8)12(13)17/h1-4,9,14-15H,5-7H2. The number of amides is 2. The van der Waals surface area contributed by atoms with E-state index in [2.05, 4.69) is 0 Å². The molecule has 2 amide bonds. The predicted octanol–water partition coefficient (Wildman–Crippen LogP) is -0.435. The van der Waals surface area contributed by atoms with Gasteiger partial charge >= 0.3 is 0 Å². The third-order valence-corrected chi connectivity index (χ3v) is 2.86. The Morgan fingerprint density at radius 1 is 1.18 bits per heavy atom. The molecule has 0 saturated carbocycles. The number of hydrogen-bond acceptors (Lipinski definition) is 4. The Labute approximate surface area is 98.3 Å². The average Bonchev–Trinajstić information content (AvgIpc) is 2.34. The maximum atomic E-state index is 12.1. The number of imide groups is 1. The molecule has 1 aromatic carbocycles. The molecule has 90 valence electrons. The number of carbonyl (C=O) groups excluding carboxylic acids is 2. The second kappa shape index (κ2) is 4.65. The molecule has 17 heavy (non-hydrogen) atoms. The Morgan fingerprint density at radius 3 is 2.47 bits per heavy atom. The third-order valence-electron chi connectivity index (χ3n) is 2.86. The lowest BCUT2D eigenvalue weighted by molar-refractivity contribution is -0.131. The summed E-state index contributed by atoms with van der Waals surface area (Å²) in [5.74, 6) is -0.841. The second-order valence-electron chi connectivity index (χ2n) is 3.92. The molecule has 1 aromatic rings. The van der Waals surface area contributed by atoms with Crippen LogP contribution < -0.4 is 0 Å². The summed E-state index contributed by atoms with van der Waals surface area (Å²) in [6.45, 7) is -0.869. The summed E-state index contributed by atoms with van der Waals surface area (Å²) in [5, 5.41) is 18.1. The summed E-state index contributed by atoms with van der Waals surface area (Å²) >= 11 is 0. The van der Waals surface area contributed by atoms with Crippen LogP contribution in [-0.4, -0.2) is 46.2 Å². The highest BCUT2D eigenvalue weighted by atomic mass is 16.3. The lowest BCUT2D eigenvalue weighted by Crippen LogP contribution is -2.51. The van der Waals surface area contributed by atoms with Crippen molar-refractivity contribution in [1.82, 2.24) is 4.90 Å². The molecule has 0 unspecified atom stereocenters. The zero-order chi connectivity index (χ0) is 12.4. The first-order chi connectivity index (χ1) is 8.19. The number of benzene rings is 1. The van der Waals surface area contributed by atoms with Gasteiger partial charge in [-0.1, -0.05) is 18.2 Å². The van der Waals surface area contributed by atoms with E-state index in [0.29, 0.717) is 11.1 Å². The highest BCUT2D eigenvalue weighted by molar-refractivity contribution is 6.10. The van der Waals surface area contributed by atoms with Crippen molar-refractivity contribution < 1.29 is 19.8 Å². The molecule has 0 aromatic heterocycles. The predicted molar refractivity (Wildman–Crippen MR) is 59.3 cm³/mol. The molecule has 0 saturated heterocycles. The number of carbonyl (C=O) groups is 2. The van der Waals surface area contributed by atoms with Gasteiger partial charge in [-0.3, -0.25) is 14.5 Å². The van der Waals surface area contributed by atoms with Crippen molar-refractivity contribution in [3.8, 4) is 0 Å². The van der Waals surface area contributed by atoms with Crippen LogP contribution in [0, 0.1) is 0 Å². The first-order valence-electron chi connectivity index (χ1n) is 5.35. The largest absolute Gasteiger partial charge is 0.394 e. The fourth-order valence-electron chi connectivity index (χ4n) is 1.96. The van der Waals surface area contributed by atoms with Crippen molar-refractivity contribution in [3.05, 3.63) is 35.4 Å². The van der Waals surface area contributed by atoms with Gasteiger partial charge in [0, 0.05) is 5.56 Å². The molecule has 0 atom stereocenters. The van der Waals surface area contributed by atoms with E-state index in [-0.39, 0.29) is 12.3 Å². The monoisotopic (exact) mass is 235 g/mol. The van der Waals surface area contributed by atoms with Crippen LogP contribution in [-0.2, 0) is 11.2 Å². The summed E-state index contributed by atoms with van der Waals surface area (Å²) < 4.78 is 0. The maximum absolute atomic E-state index is 12.1. The molecule has 0 spiro atoms. The van der Waals surface area contributed by atoms with Crippen molar-refractivity contribution in [2.45, 2.75) is 12.5 Å². The van der Waals surface area contributed by atoms with Gasteiger partial charge in [0.2, 0.25) is 5.91 Å². The third kappa shape index (κ3) is 1.94. The number of aliphatic hydroxyl groups excluding tert-OH is 2. The van der Waals surface area contributed by atoms with Crippen LogP contribution in [0.1, 0.15) is 15.9 Å². The summed E-state index contributed by atoms with van der Waals surface area (Å²) in [7, 11) is 0. The lowest BCUT2D eigenvalue weighted by Gasteiger charge is -2.31. The van der Waals surface area contributed by atoms with Crippen LogP contribution in [0.4, 0.5) is 0 Å². The van der Waals surface area contributed by atoms with Gasteiger partial charge in [0.15, 0.2) is 0 Å². The van der Waals surface area contributed by atoms with Crippen molar-refractivity contribution >= 4 is 11.8 Å². The zero-order valence-electron chi connectivity index (χ0n) is 9.17. The van der Waals surface area contributed by atoms with E-state index in [1.165, 1.54) is 0 Å². The van der Waals surface area contributed by atoms with E-state index in [0.717, 1.165) is 4.90 Å². The molecule has 1 aliphatic heterocycles. The fraction of sp³-hybridized carbons (Fsp3) is 0.333. The van der Waals surface area contributed by atoms with Gasteiger partial charge in [-0.2, -0.15) is 0 Å². The Bertz CT molecular complexity index is 454. The summed E-state index contributed by atoms with van der Waals surface area (Å²) in [6.07, 6.45) is 0.123. The van der Waals surface area contributed by atoms with Crippen LogP contribution in [0.15, 0.2) is 24.3 Å². The topological polar surface area (TPSA) is 77.8 Å². The summed E-state index contributed by atoms with van der Waals surface area (Å²) in [4.78, 5) is 24.8. The SMILES string of the molecule is O=C1Cc2ccccc2C(=O)N1C(CO)CO. The van der Waals surface area contributed by atoms with Crippen LogP contribution in [0.3, 0.4) is 0 Å². The van der Waals surface area contributed by atoms with E-state index in [9.17, 15) is 9.59 Å². The van der Waals surface area contributed by atoms with Crippen molar-refractivity contribution in [2.24, 2.45) is 0 Å². The minimum Gasteiger partial charge on any atom is -0.394 e. The van der Waals surface area contributed by atoms with Gasteiger partial charge in [-0.25, -0.2) is 0 Å². The maximum Gasteiger partial charge on any atom is 0.261 e. The molecule has 2 N–H and O–H groups in total. The van der Waals surface area contributed by atoms with Gasteiger partial charge in [0.25, 0.3) is 5.91 Å². The molecule has 0 fully saturated rings. The Morgan fingerprint density at radius 2 is 1.82 bits per heavy atom. The van der Waals surface area contributed by atoms with E-state index in [1.807, 2.05) is 0 Å². The van der Waals surface area contributed by atoms with Gasteiger partial charge in [0.05, 0.1) is 25.7 Å². The summed E-state index contributed by atoms with van der Waals surface area (Å²) in [6, 6.07) is 6.00. The number of nitrogens with zero attached hydrogens (tertiary/aromatic N) is 1. The highest BCUT2D eigenvalue weighted by Gasteiger charge is 2.35. The Balaban J connectivity index is 2.39. The van der Waals surface area contributed by atoms with Gasteiger partial charge in [0.1, 0.15) is 0 Å². The van der Waals surface area contributed by atoms with Crippen molar-refractivity contribution in [1.29, 1.82) is 0 Å². The fourth-order valence-corrected chi connectivity index (χ4v) is 1.96. The molecule has 1 heterocycles. The zero-order valence-corrected chi connectivity index (χ0v) is 9.17. The van der Waals surface area contributed by atoms with Crippen molar-refractivity contribution in [2.75, 3.05) is 13.2 Å². The van der Waals surface area contributed by atoms with Crippen LogP contribution in [0.5, 0.6) is 0 Å². The van der Waals surface area contributed by atoms with E-state index >= 15 is 0 Å². The number of fused-ring (bicyclic) bond motifs is 1. The lowest BCUT2D eigenvalue weighted by atomic mass is 9.97. The van der Waals surface area contributed by atoms with Gasteiger partial charge in [-0.05, 0) is 11.6 Å². The molecule has 0 aliphatic carbocycles. The van der Waals surface area contributed by atoms with Gasteiger partial charge in [-0.15, -0.1) is 0 Å². The van der Waals surface area contributed by atoms with Gasteiger partial charge < -0.3 is 10.2 Å². The number of hydrogen-bond donors (Lipinski definition) is 2. The van der Waals surface area contributed by atoms with E-state index in [4.69, 9.17) is 10.2 Å². The summed E-state index contributed by atoms with van der Waals surface area (Å²) in [5.41, 5.74) is 1.15. The normalized spacial score (nSPS) is 15.4. The van der Waals surface area contributed by atoms with Crippen molar-refractivity contribution in [3.63, 3.8) is 0 Å². The smallest absolute Gasteiger partial charge is 0.261 e. The van der Waals surface area contributed by atoms with E-state index < -0.39 is 25.2 Å².